The molecule has 1 heterocycles. The van der Waals surface area contributed by atoms with E-state index in [1.807, 2.05) is 0 Å². The van der Waals surface area contributed by atoms with Crippen molar-refractivity contribution in [1.82, 2.24) is 9.78 Å². The molecule has 0 spiro atoms. The third-order valence-corrected chi connectivity index (χ3v) is 2.86. The van der Waals surface area contributed by atoms with Gasteiger partial charge in [-0.1, -0.05) is 0 Å². The first-order valence-corrected chi connectivity index (χ1v) is 4.76. The maximum atomic E-state index is 12.2. The van der Waals surface area contributed by atoms with Gasteiger partial charge in [-0.25, -0.2) is 0 Å². The highest BCUT2D eigenvalue weighted by atomic mass is 19.4. The van der Waals surface area contributed by atoms with Gasteiger partial charge in [0.05, 0.1) is 12.0 Å². The Kier molecular flexibility index (Phi) is 2.17. The summed E-state index contributed by atoms with van der Waals surface area (Å²) < 4.78 is 38.3. The van der Waals surface area contributed by atoms with E-state index < -0.39 is 12.1 Å². The Labute approximate surface area is 85.1 Å². The van der Waals surface area contributed by atoms with Gasteiger partial charge < -0.3 is 5.73 Å². The molecule has 0 saturated heterocycles. The first-order valence-electron chi connectivity index (χ1n) is 4.76. The third kappa shape index (κ3) is 1.80. The van der Waals surface area contributed by atoms with Crippen LogP contribution in [-0.2, 0) is 0 Å². The fourth-order valence-electron chi connectivity index (χ4n) is 1.94. The molecule has 0 unspecified atom stereocenters. The highest BCUT2D eigenvalue weighted by Gasteiger charge is 2.48. The van der Waals surface area contributed by atoms with Crippen LogP contribution in [0, 0.1) is 12.8 Å². The van der Waals surface area contributed by atoms with Gasteiger partial charge in [0.2, 0.25) is 0 Å². The molecule has 1 aromatic heterocycles. The summed E-state index contributed by atoms with van der Waals surface area (Å²) in [5, 5.41) is 3.98. The first-order chi connectivity index (χ1) is 6.88. The summed E-state index contributed by atoms with van der Waals surface area (Å²) in [5.41, 5.74) is 6.28. The van der Waals surface area contributed by atoms with Crippen molar-refractivity contribution in [1.29, 1.82) is 0 Å². The third-order valence-electron chi connectivity index (χ3n) is 2.86. The lowest BCUT2D eigenvalue weighted by atomic mass is 9.80. The van der Waals surface area contributed by atoms with E-state index in [-0.39, 0.29) is 18.9 Å². The van der Waals surface area contributed by atoms with Crippen molar-refractivity contribution in [3.63, 3.8) is 0 Å². The molecular formula is C9H12F3N3. The Morgan fingerprint density at radius 1 is 1.47 bits per heavy atom. The SMILES string of the molecule is Cc1cc(N)nn1C1CC(C(F)(F)F)C1. The van der Waals surface area contributed by atoms with Gasteiger partial charge >= 0.3 is 6.18 Å². The lowest BCUT2D eigenvalue weighted by molar-refractivity contribution is -0.203. The number of alkyl halides is 3. The molecule has 84 valence electrons. The van der Waals surface area contributed by atoms with Gasteiger partial charge in [-0.15, -0.1) is 0 Å². The molecule has 1 aliphatic rings. The summed E-state index contributed by atoms with van der Waals surface area (Å²) in [6.07, 6.45) is -3.83. The molecule has 0 bridgehead atoms. The number of nitrogens with zero attached hydrogens (tertiary/aromatic N) is 2. The number of nitrogens with two attached hydrogens (primary N) is 1. The molecule has 0 atom stereocenters. The number of hydrogen-bond donors (Lipinski definition) is 1. The minimum absolute atomic E-state index is 0.117. The summed E-state index contributed by atoms with van der Waals surface area (Å²) >= 11 is 0. The highest BCUT2D eigenvalue weighted by Crippen LogP contribution is 2.47. The van der Waals surface area contributed by atoms with Crippen molar-refractivity contribution in [2.24, 2.45) is 5.92 Å². The largest absolute Gasteiger partial charge is 0.391 e. The van der Waals surface area contributed by atoms with Crippen molar-refractivity contribution >= 4 is 5.82 Å². The van der Waals surface area contributed by atoms with Crippen molar-refractivity contribution in [3.8, 4) is 0 Å². The van der Waals surface area contributed by atoms with Crippen LogP contribution in [0.3, 0.4) is 0 Å². The quantitative estimate of drug-likeness (QED) is 0.787. The molecule has 0 radical (unpaired) electrons. The molecular weight excluding hydrogens is 207 g/mol. The van der Waals surface area contributed by atoms with E-state index in [1.165, 1.54) is 0 Å². The second kappa shape index (κ2) is 3.15. The molecule has 1 saturated carbocycles. The molecule has 2 rings (SSSR count). The van der Waals surface area contributed by atoms with Gasteiger partial charge in [-0.2, -0.15) is 18.3 Å². The maximum absolute atomic E-state index is 12.2. The smallest absolute Gasteiger partial charge is 0.382 e. The van der Waals surface area contributed by atoms with E-state index in [2.05, 4.69) is 5.10 Å². The number of anilines is 1. The number of aromatic nitrogens is 2. The molecule has 0 aliphatic heterocycles. The first kappa shape index (κ1) is 10.3. The molecule has 0 amide bonds. The van der Waals surface area contributed by atoms with Crippen LogP contribution < -0.4 is 5.73 Å². The van der Waals surface area contributed by atoms with Crippen LogP contribution in [0.5, 0.6) is 0 Å². The second-order valence-electron chi connectivity index (χ2n) is 4.02. The van der Waals surface area contributed by atoms with E-state index >= 15 is 0 Å². The van der Waals surface area contributed by atoms with Gasteiger partial charge in [0, 0.05) is 11.8 Å². The lowest BCUT2D eigenvalue weighted by Gasteiger charge is -2.37. The number of nitrogen functional groups attached to an aromatic ring is 1. The van der Waals surface area contributed by atoms with E-state index in [4.69, 9.17) is 5.73 Å². The zero-order chi connectivity index (χ0) is 11.2. The van der Waals surface area contributed by atoms with Crippen molar-refractivity contribution < 1.29 is 13.2 Å². The predicted molar refractivity (Wildman–Crippen MR) is 49.2 cm³/mol. The Morgan fingerprint density at radius 3 is 2.47 bits per heavy atom. The fraction of sp³-hybridized carbons (Fsp3) is 0.667. The maximum Gasteiger partial charge on any atom is 0.391 e. The summed E-state index contributed by atoms with van der Waals surface area (Å²) in [6, 6.07) is 1.52. The topological polar surface area (TPSA) is 43.8 Å². The number of hydrogen-bond acceptors (Lipinski definition) is 2. The Bertz CT molecular complexity index is 363. The van der Waals surface area contributed by atoms with Crippen LogP contribution in [-0.4, -0.2) is 16.0 Å². The minimum atomic E-state index is -4.07. The average Bonchev–Trinajstić information content (AvgIpc) is 2.24. The molecule has 1 aromatic rings. The van der Waals surface area contributed by atoms with Crippen LogP contribution in [0.25, 0.3) is 0 Å². The molecule has 15 heavy (non-hydrogen) atoms. The lowest BCUT2D eigenvalue weighted by Crippen LogP contribution is -2.37. The van der Waals surface area contributed by atoms with Gasteiger partial charge in [0.15, 0.2) is 0 Å². The predicted octanol–water partition coefficient (Wildman–Crippen LogP) is 2.29. The average molecular weight is 219 g/mol. The van der Waals surface area contributed by atoms with Crippen LogP contribution in [0.1, 0.15) is 24.6 Å². The molecule has 1 fully saturated rings. The molecule has 1 aliphatic carbocycles. The summed E-state index contributed by atoms with van der Waals surface area (Å²) in [5.74, 6) is -0.810. The molecule has 3 nitrogen and oxygen atoms in total. The van der Waals surface area contributed by atoms with Crippen molar-refractivity contribution in [2.45, 2.75) is 32.0 Å². The van der Waals surface area contributed by atoms with Gasteiger partial charge in [-0.3, -0.25) is 4.68 Å². The van der Waals surface area contributed by atoms with Crippen LogP contribution in [0.15, 0.2) is 6.07 Å². The van der Waals surface area contributed by atoms with Crippen LogP contribution in [0.2, 0.25) is 0 Å². The van der Waals surface area contributed by atoms with Gasteiger partial charge in [0.25, 0.3) is 0 Å². The molecule has 6 heteroatoms. The number of rotatable bonds is 1. The Balaban J connectivity index is 2.03. The van der Waals surface area contributed by atoms with Gasteiger partial charge in [0.1, 0.15) is 5.82 Å². The minimum Gasteiger partial charge on any atom is -0.382 e. The zero-order valence-electron chi connectivity index (χ0n) is 8.25. The summed E-state index contributed by atoms with van der Waals surface area (Å²) in [4.78, 5) is 0. The van der Waals surface area contributed by atoms with E-state index in [0.29, 0.717) is 5.82 Å². The fourth-order valence-corrected chi connectivity index (χ4v) is 1.94. The van der Waals surface area contributed by atoms with E-state index in [1.54, 1.807) is 17.7 Å². The number of aryl methyl sites for hydroxylation is 1. The molecule has 2 N–H and O–H groups in total. The van der Waals surface area contributed by atoms with Crippen molar-refractivity contribution in [2.75, 3.05) is 5.73 Å². The number of halogens is 3. The highest BCUT2D eigenvalue weighted by molar-refractivity contribution is 5.29. The second-order valence-corrected chi connectivity index (χ2v) is 4.02. The van der Waals surface area contributed by atoms with Crippen LogP contribution in [0.4, 0.5) is 19.0 Å². The van der Waals surface area contributed by atoms with E-state index in [9.17, 15) is 13.2 Å². The molecule has 0 aromatic carbocycles. The summed E-state index contributed by atoms with van der Waals surface area (Å²) in [7, 11) is 0. The standard InChI is InChI=1S/C9H12F3N3/c1-5-2-8(13)14-15(5)7-3-6(4-7)9(10,11)12/h2,6-7H,3-4H2,1H3,(H2,13,14). The van der Waals surface area contributed by atoms with Crippen LogP contribution >= 0.6 is 0 Å². The van der Waals surface area contributed by atoms with E-state index in [0.717, 1.165) is 5.69 Å². The Hall–Kier alpha value is -1.20. The zero-order valence-corrected chi connectivity index (χ0v) is 8.25. The monoisotopic (exact) mass is 219 g/mol. The summed E-state index contributed by atoms with van der Waals surface area (Å²) in [6.45, 7) is 1.80. The Morgan fingerprint density at radius 2 is 2.07 bits per heavy atom. The van der Waals surface area contributed by atoms with Gasteiger partial charge in [-0.05, 0) is 19.8 Å². The normalized spacial score (nSPS) is 26.4. The van der Waals surface area contributed by atoms with Crippen molar-refractivity contribution in [3.05, 3.63) is 11.8 Å².